The summed E-state index contributed by atoms with van der Waals surface area (Å²) in [6.07, 6.45) is 2.30. The largest absolute Gasteiger partial charge is 0.495 e. The Morgan fingerprint density at radius 2 is 2.05 bits per heavy atom. The van der Waals surface area contributed by atoms with Crippen LogP contribution in [0.3, 0.4) is 0 Å². The summed E-state index contributed by atoms with van der Waals surface area (Å²) in [4.78, 5) is 14.3. The number of methoxy groups -OCH3 is 2. The van der Waals surface area contributed by atoms with Gasteiger partial charge in [-0.1, -0.05) is 6.07 Å². The molecule has 1 N–H and O–H groups in total. The average Bonchev–Trinajstić information content (AvgIpc) is 2.48. The van der Waals surface area contributed by atoms with Crippen molar-refractivity contribution < 1.29 is 14.3 Å². The Balaban J connectivity index is 1.89. The molecule has 2 rings (SSSR count). The molecule has 5 heteroatoms. The zero-order valence-corrected chi connectivity index (χ0v) is 13.0. The molecule has 0 unspecified atom stereocenters. The van der Waals surface area contributed by atoms with Crippen LogP contribution >= 0.6 is 0 Å². The van der Waals surface area contributed by atoms with Gasteiger partial charge in [0.1, 0.15) is 5.75 Å². The maximum atomic E-state index is 12.2. The number of hydrogen-bond donors (Lipinski definition) is 1. The van der Waals surface area contributed by atoms with Gasteiger partial charge < -0.3 is 14.8 Å². The number of nitrogens with zero attached hydrogens (tertiary/aromatic N) is 1. The number of benzene rings is 1. The van der Waals surface area contributed by atoms with Gasteiger partial charge in [-0.25, -0.2) is 0 Å². The zero-order chi connectivity index (χ0) is 15.2. The van der Waals surface area contributed by atoms with E-state index in [0.29, 0.717) is 18.4 Å². The first kappa shape index (κ1) is 15.8. The van der Waals surface area contributed by atoms with Gasteiger partial charge in [0.2, 0.25) is 5.91 Å². The molecule has 1 aromatic carbocycles. The van der Waals surface area contributed by atoms with Crippen molar-refractivity contribution in [2.45, 2.75) is 25.9 Å². The van der Waals surface area contributed by atoms with Crippen LogP contribution < -0.4 is 10.1 Å². The van der Waals surface area contributed by atoms with Gasteiger partial charge in [0.15, 0.2) is 0 Å². The van der Waals surface area contributed by atoms with E-state index in [0.717, 1.165) is 37.2 Å². The van der Waals surface area contributed by atoms with Crippen LogP contribution in [0.25, 0.3) is 0 Å². The number of anilines is 1. The van der Waals surface area contributed by atoms with E-state index in [9.17, 15) is 4.79 Å². The highest BCUT2D eigenvalue weighted by Gasteiger charge is 2.20. The lowest BCUT2D eigenvalue weighted by molar-refractivity contribution is -0.117. The lowest BCUT2D eigenvalue weighted by Crippen LogP contribution is -2.41. The van der Waals surface area contributed by atoms with Crippen LogP contribution in [0.5, 0.6) is 5.75 Å². The number of aryl methyl sites for hydroxylation is 1. The molecule has 1 fully saturated rings. The number of likely N-dealkylation sites (tertiary alicyclic amines) is 1. The maximum absolute atomic E-state index is 12.2. The Hall–Kier alpha value is -1.59. The summed E-state index contributed by atoms with van der Waals surface area (Å²) < 4.78 is 10.6. The summed E-state index contributed by atoms with van der Waals surface area (Å²) in [6.45, 7) is 4.20. The molecule has 1 aromatic rings. The Kier molecular flexibility index (Phi) is 5.59. The topological polar surface area (TPSA) is 50.8 Å². The van der Waals surface area contributed by atoms with Crippen LogP contribution in [-0.4, -0.2) is 50.8 Å². The first-order chi connectivity index (χ1) is 10.1. The van der Waals surface area contributed by atoms with E-state index < -0.39 is 0 Å². The number of carbonyl (C=O) groups is 1. The second-order valence-electron chi connectivity index (χ2n) is 5.46. The van der Waals surface area contributed by atoms with Crippen molar-refractivity contribution in [1.82, 2.24) is 4.90 Å². The Morgan fingerprint density at radius 1 is 1.33 bits per heavy atom. The molecule has 0 aromatic heterocycles. The SMILES string of the molecule is COc1ccc(C)cc1NC(=O)CN1CCC(OC)CC1. The maximum Gasteiger partial charge on any atom is 0.238 e. The molecule has 1 heterocycles. The molecule has 0 bridgehead atoms. The van der Waals surface area contributed by atoms with E-state index in [1.807, 2.05) is 25.1 Å². The van der Waals surface area contributed by atoms with E-state index in [4.69, 9.17) is 9.47 Å². The second kappa shape index (κ2) is 7.43. The van der Waals surface area contributed by atoms with Crippen LogP contribution in [0.4, 0.5) is 5.69 Å². The molecule has 1 aliphatic rings. The first-order valence-electron chi connectivity index (χ1n) is 7.32. The number of amides is 1. The molecular formula is C16H24N2O3. The third kappa shape index (κ3) is 4.44. The van der Waals surface area contributed by atoms with Crippen molar-refractivity contribution in [1.29, 1.82) is 0 Å². The van der Waals surface area contributed by atoms with E-state index in [1.54, 1.807) is 14.2 Å². The molecule has 0 saturated carbocycles. The van der Waals surface area contributed by atoms with Gasteiger partial charge in [-0.2, -0.15) is 0 Å². The second-order valence-corrected chi connectivity index (χ2v) is 5.46. The third-order valence-electron chi connectivity index (χ3n) is 3.86. The molecule has 5 nitrogen and oxygen atoms in total. The van der Waals surface area contributed by atoms with Gasteiger partial charge in [0.05, 0.1) is 25.4 Å². The molecule has 0 spiro atoms. The van der Waals surface area contributed by atoms with Gasteiger partial charge in [-0.15, -0.1) is 0 Å². The Labute approximate surface area is 126 Å². The predicted molar refractivity (Wildman–Crippen MR) is 82.8 cm³/mol. The Bertz CT molecular complexity index is 482. The molecule has 1 aliphatic heterocycles. The first-order valence-corrected chi connectivity index (χ1v) is 7.32. The van der Waals surface area contributed by atoms with Crippen molar-refractivity contribution in [3.63, 3.8) is 0 Å². The molecule has 1 saturated heterocycles. The Morgan fingerprint density at radius 3 is 2.67 bits per heavy atom. The van der Waals surface area contributed by atoms with Crippen LogP contribution in [0.15, 0.2) is 18.2 Å². The lowest BCUT2D eigenvalue weighted by atomic mass is 10.1. The minimum Gasteiger partial charge on any atom is -0.495 e. The molecule has 21 heavy (non-hydrogen) atoms. The van der Waals surface area contributed by atoms with Crippen LogP contribution in [-0.2, 0) is 9.53 Å². The van der Waals surface area contributed by atoms with E-state index in [-0.39, 0.29) is 5.91 Å². The van der Waals surface area contributed by atoms with Gasteiger partial charge in [0.25, 0.3) is 0 Å². The fourth-order valence-electron chi connectivity index (χ4n) is 2.62. The predicted octanol–water partition coefficient (Wildman–Crippen LogP) is 2.05. The highest BCUT2D eigenvalue weighted by molar-refractivity contribution is 5.93. The fraction of sp³-hybridized carbons (Fsp3) is 0.562. The molecule has 0 radical (unpaired) electrons. The van der Waals surface area contributed by atoms with Crippen molar-refractivity contribution >= 4 is 11.6 Å². The zero-order valence-electron chi connectivity index (χ0n) is 13.0. The van der Waals surface area contributed by atoms with Gasteiger partial charge in [-0.05, 0) is 37.5 Å². The molecule has 1 amide bonds. The van der Waals surface area contributed by atoms with Crippen LogP contribution in [0.2, 0.25) is 0 Å². The standard InChI is InChI=1S/C16H24N2O3/c1-12-4-5-15(21-3)14(10-12)17-16(19)11-18-8-6-13(20-2)7-9-18/h4-5,10,13H,6-9,11H2,1-3H3,(H,17,19). The summed E-state index contributed by atoms with van der Waals surface area (Å²) in [5, 5.41) is 2.94. The van der Waals surface area contributed by atoms with E-state index in [2.05, 4.69) is 10.2 Å². The number of carbonyl (C=O) groups excluding carboxylic acids is 1. The minimum absolute atomic E-state index is 0.00485. The van der Waals surface area contributed by atoms with Gasteiger partial charge in [-0.3, -0.25) is 9.69 Å². The summed E-state index contributed by atoms with van der Waals surface area (Å²) in [6, 6.07) is 5.76. The smallest absolute Gasteiger partial charge is 0.238 e. The molecular weight excluding hydrogens is 268 g/mol. The van der Waals surface area contributed by atoms with Gasteiger partial charge in [0, 0.05) is 20.2 Å². The monoisotopic (exact) mass is 292 g/mol. The summed E-state index contributed by atoms with van der Waals surface area (Å²) >= 11 is 0. The average molecular weight is 292 g/mol. The summed E-state index contributed by atoms with van der Waals surface area (Å²) in [7, 11) is 3.35. The highest BCUT2D eigenvalue weighted by Crippen LogP contribution is 2.25. The number of hydrogen-bond acceptors (Lipinski definition) is 4. The normalized spacial score (nSPS) is 16.7. The summed E-state index contributed by atoms with van der Waals surface area (Å²) in [5.74, 6) is 0.682. The van der Waals surface area contributed by atoms with Crippen molar-refractivity contribution in [3.05, 3.63) is 23.8 Å². The summed E-state index contributed by atoms with van der Waals surface area (Å²) in [5.41, 5.74) is 1.82. The third-order valence-corrected chi connectivity index (χ3v) is 3.86. The van der Waals surface area contributed by atoms with E-state index >= 15 is 0 Å². The quantitative estimate of drug-likeness (QED) is 0.902. The molecule has 116 valence electrons. The van der Waals surface area contributed by atoms with Gasteiger partial charge >= 0.3 is 0 Å². The van der Waals surface area contributed by atoms with Crippen LogP contribution in [0, 0.1) is 6.92 Å². The number of ether oxygens (including phenoxy) is 2. The molecule has 0 aliphatic carbocycles. The number of nitrogens with one attached hydrogen (secondary N) is 1. The van der Waals surface area contributed by atoms with E-state index in [1.165, 1.54) is 0 Å². The number of rotatable bonds is 5. The highest BCUT2D eigenvalue weighted by atomic mass is 16.5. The van der Waals surface area contributed by atoms with Crippen LogP contribution in [0.1, 0.15) is 18.4 Å². The lowest BCUT2D eigenvalue weighted by Gasteiger charge is -2.30. The fourth-order valence-corrected chi connectivity index (χ4v) is 2.62. The molecule has 0 atom stereocenters. The van der Waals surface area contributed by atoms with Crippen molar-refractivity contribution in [3.8, 4) is 5.75 Å². The minimum atomic E-state index is -0.00485. The number of piperidine rings is 1. The van der Waals surface area contributed by atoms with Crippen molar-refractivity contribution in [2.75, 3.05) is 39.2 Å². The van der Waals surface area contributed by atoms with Crippen molar-refractivity contribution in [2.24, 2.45) is 0 Å².